The molecular formula is C13H19BrN2. The fourth-order valence-electron chi connectivity index (χ4n) is 2.01. The molecule has 0 heterocycles. The van der Waals surface area contributed by atoms with Crippen molar-refractivity contribution in [3.05, 3.63) is 28.2 Å². The summed E-state index contributed by atoms with van der Waals surface area (Å²) >= 11 is 3.41. The van der Waals surface area contributed by atoms with Crippen molar-refractivity contribution in [2.45, 2.75) is 32.7 Å². The number of nitrogen functional groups attached to an aromatic ring is 1. The van der Waals surface area contributed by atoms with Crippen LogP contribution in [0.5, 0.6) is 0 Å². The SMILES string of the molecule is CCC1(CNCc2ccc(Br)c(N)c2)CC1. The van der Waals surface area contributed by atoms with Gasteiger partial charge in [0, 0.05) is 23.2 Å². The van der Waals surface area contributed by atoms with E-state index in [1.807, 2.05) is 12.1 Å². The summed E-state index contributed by atoms with van der Waals surface area (Å²) in [6.07, 6.45) is 4.07. The Morgan fingerprint density at radius 2 is 2.19 bits per heavy atom. The minimum absolute atomic E-state index is 0.612. The summed E-state index contributed by atoms with van der Waals surface area (Å²) in [6, 6.07) is 6.15. The highest BCUT2D eigenvalue weighted by Crippen LogP contribution is 2.47. The fourth-order valence-corrected chi connectivity index (χ4v) is 2.25. The Morgan fingerprint density at radius 1 is 1.44 bits per heavy atom. The van der Waals surface area contributed by atoms with Crippen molar-refractivity contribution in [3.8, 4) is 0 Å². The predicted octanol–water partition coefficient (Wildman–Crippen LogP) is 3.31. The highest BCUT2D eigenvalue weighted by atomic mass is 79.9. The number of hydrogen-bond donors (Lipinski definition) is 2. The smallest absolute Gasteiger partial charge is 0.0461 e. The molecule has 3 heteroatoms. The molecule has 2 nitrogen and oxygen atoms in total. The number of rotatable bonds is 5. The maximum Gasteiger partial charge on any atom is 0.0461 e. The van der Waals surface area contributed by atoms with Crippen LogP contribution in [0, 0.1) is 5.41 Å². The Labute approximate surface area is 106 Å². The summed E-state index contributed by atoms with van der Waals surface area (Å²) < 4.78 is 0.975. The predicted molar refractivity (Wildman–Crippen MR) is 72.2 cm³/mol. The van der Waals surface area contributed by atoms with E-state index in [1.54, 1.807) is 0 Å². The Balaban J connectivity index is 1.83. The average Bonchev–Trinajstić information content (AvgIpc) is 3.04. The van der Waals surface area contributed by atoms with Gasteiger partial charge in [-0.1, -0.05) is 13.0 Å². The molecular weight excluding hydrogens is 264 g/mol. The molecule has 0 aromatic heterocycles. The van der Waals surface area contributed by atoms with Crippen LogP contribution in [0.1, 0.15) is 31.7 Å². The third-order valence-corrected chi connectivity index (χ3v) is 4.32. The van der Waals surface area contributed by atoms with Gasteiger partial charge in [-0.2, -0.15) is 0 Å². The first-order valence-electron chi connectivity index (χ1n) is 5.90. The average molecular weight is 283 g/mol. The second-order valence-corrected chi connectivity index (χ2v) is 5.67. The van der Waals surface area contributed by atoms with Gasteiger partial charge in [-0.3, -0.25) is 0 Å². The van der Waals surface area contributed by atoms with Crippen LogP contribution in [0.25, 0.3) is 0 Å². The molecule has 2 rings (SSSR count). The first-order valence-corrected chi connectivity index (χ1v) is 6.69. The standard InChI is InChI=1S/C13H19BrN2/c1-2-13(5-6-13)9-16-8-10-3-4-11(14)12(15)7-10/h3-4,7,16H,2,5-6,8-9,15H2,1H3. The van der Waals surface area contributed by atoms with E-state index < -0.39 is 0 Å². The van der Waals surface area contributed by atoms with Gasteiger partial charge in [-0.05, 0) is 58.3 Å². The van der Waals surface area contributed by atoms with E-state index in [0.29, 0.717) is 5.41 Å². The maximum atomic E-state index is 5.84. The minimum atomic E-state index is 0.612. The second-order valence-electron chi connectivity index (χ2n) is 4.81. The van der Waals surface area contributed by atoms with E-state index in [0.717, 1.165) is 23.2 Å². The minimum Gasteiger partial charge on any atom is -0.398 e. The van der Waals surface area contributed by atoms with E-state index >= 15 is 0 Å². The molecule has 0 spiro atoms. The van der Waals surface area contributed by atoms with Crippen molar-refractivity contribution in [1.29, 1.82) is 0 Å². The van der Waals surface area contributed by atoms with Crippen molar-refractivity contribution in [2.24, 2.45) is 5.41 Å². The Hall–Kier alpha value is -0.540. The molecule has 88 valence electrons. The van der Waals surface area contributed by atoms with Crippen LogP contribution in [0.4, 0.5) is 5.69 Å². The van der Waals surface area contributed by atoms with E-state index in [9.17, 15) is 0 Å². The third kappa shape index (κ3) is 2.77. The lowest BCUT2D eigenvalue weighted by Crippen LogP contribution is -2.23. The van der Waals surface area contributed by atoms with E-state index in [4.69, 9.17) is 5.73 Å². The molecule has 0 saturated heterocycles. The Bertz CT molecular complexity index is 372. The summed E-state index contributed by atoms with van der Waals surface area (Å²) in [5.74, 6) is 0. The van der Waals surface area contributed by atoms with Crippen LogP contribution in [-0.2, 0) is 6.54 Å². The van der Waals surface area contributed by atoms with Crippen molar-refractivity contribution in [3.63, 3.8) is 0 Å². The molecule has 0 aliphatic heterocycles. The molecule has 1 saturated carbocycles. The van der Waals surface area contributed by atoms with Crippen LogP contribution in [0.15, 0.2) is 22.7 Å². The Morgan fingerprint density at radius 3 is 2.75 bits per heavy atom. The number of anilines is 1. The van der Waals surface area contributed by atoms with Crippen LogP contribution in [0.3, 0.4) is 0 Å². The summed E-state index contributed by atoms with van der Waals surface area (Å²) in [7, 11) is 0. The van der Waals surface area contributed by atoms with E-state index in [-0.39, 0.29) is 0 Å². The van der Waals surface area contributed by atoms with Crippen molar-refractivity contribution >= 4 is 21.6 Å². The monoisotopic (exact) mass is 282 g/mol. The van der Waals surface area contributed by atoms with Gasteiger partial charge in [-0.15, -0.1) is 0 Å². The van der Waals surface area contributed by atoms with Gasteiger partial charge in [0.15, 0.2) is 0 Å². The van der Waals surface area contributed by atoms with Gasteiger partial charge in [0.2, 0.25) is 0 Å². The normalized spacial score (nSPS) is 17.4. The van der Waals surface area contributed by atoms with Crippen molar-refractivity contribution in [2.75, 3.05) is 12.3 Å². The molecule has 0 radical (unpaired) electrons. The summed E-state index contributed by atoms with van der Waals surface area (Å²) in [4.78, 5) is 0. The van der Waals surface area contributed by atoms with Crippen LogP contribution in [-0.4, -0.2) is 6.54 Å². The quantitative estimate of drug-likeness (QED) is 0.814. The highest BCUT2D eigenvalue weighted by Gasteiger charge is 2.39. The topological polar surface area (TPSA) is 38.0 Å². The lowest BCUT2D eigenvalue weighted by molar-refractivity contribution is 0.443. The van der Waals surface area contributed by atoms with Gasteiger partial charge in [0.25, 0.3) is 0 Å². The van der Waals surface area contributed by atoms with Crippen LogP contribution < -0.4 is 11.1 Å². The molecule has 0 unspecified atom stereocenters. The molecule has 0 atom stereocenters. The van der Waals surface area contributed by atoms with Gasteiger partial charge in [0.05, 0.1) is 0 Å². The Kier molecular flexibility index (Phi) is 3.55. The first kappa shape index (κ1) is 11.9. The van der Waals surface area contributed by atoms with Crippen LogP contribution in [0.2, 0.25) is 0 Å². The molecule has 1 aliphatic rings. The number of hydrogen-bond acceptors (Lipinski definition) is 2. The zero-order valence-corrected chi connectivity index (χ0v) is 11.3. The van der Waals surface area contributed by atoms with E-state index in [2.05, 4.69) is 34.2 Å². The molecule has 1 aliphatic carbocycles. The summed E-state index contributed by atoms with van der Waals surface area (Å²) in [6.45, 7) is 4.34. The van der Waals surface area contributed by atoms with Crippen molar-refractivity contribution < 1.29 is 0 Å². The lowest BCUT2D eigenvalue weighted by Gasteiger charge is -2.13. The maximum absolute atomic E-state index is 5.84. The number of benzene rings is 1. The van der Waals surface area contributed by atoms with E-state index in [1.165, 1.54) is 24.8 Å². The first-order chi connectivity index (χ1) is 7.65. The fraction of sp³-hybridized carbons (Fsp3) is 0.538. The molecule has 16 heavy (non-hydrogen) atoms. The number of nitrogens with two attached hydrogens (primary N) is 1. The molecule has 1 fully saturated rings. The van der Waals surface area contributed by atoms with Gasteiger partial charge in [0.1, 0.15) is 0 Å². The third-order valence-electron chi connectivity index (χ3n) is 3.60. The lowest BCUT2D eigenvalue weighted by atomic mass is 10.0. The molecule has 1 aromatic carbocycles. The zero-order chi connectivity index (χ0) is 11.6. The molecule has 0 bridgehead atoms. The highest BCUT2D eigenvalue weighted by molar-refractivity contribution is 9.10. The zero-order valence-electron chi connectivity index (χ0n) is 9.72. The van der Waals surface area contributed by atoms with Crippen LogP contribution >= 0.6 is 15.9 Å². The number of halogens is 1. The van der Waals surface area contributed by atoms with Crippen molar-refractivity contribution in [1.82, 2.24) is 5.32 Å². The number of nitrogens with one attached hydrogen (secondary N) is 1. The summed E-state index contributed by atoms with van der Waals surface area (Å²) in [5, 5.41) is 3.53. The second kappa shape index (κ2) is 4.76. The van der Waals surface area contributed by atoms with Gasteiger partial charge in [-0.25, -0.2) is 0 Å². The molecule has 0 amide bonds. The molecule has 1 aromatic rings. The largest absolute Gasteiger partial charge is 0.398 e. The van der Waals surface area contributed by atoms with Gasteiger partial charge < -0.3 is 11.1 Å². The van der Waals surface area contributed by atoms with Gasteiger partial charge >= 0.3 is 0 Å². The summed E-state index contributed by atoms with van der Waals surface area (Å²) in [5.41, 5.74) is 8.53. The molecule has 3 N–H and O–H groups in total.